The van der Waals surface area contributed by atoms with E-state index in [-0.39, 0.29) is 17.6 Å². The minimum absolute atomic E-state index is 0.0701. The Morgan fingerprint density at radius 2 is 2.09 bits per heavy atom. The van der Waals surface area contributed by atoms with E-state index in [1.165, 1.54) is 0 Å². The van der Waals surface area contributed by atoms with Gasteiger partial charge in [0.15, 0.2) is 0 Å². The molecule has 0 radical (unpaired) electrons. The predicted molar refractivity (Wildman–Crippen MR) is 85.9 cm³/mol. The smallest absolute Gasteiger partial charge is 0.333 e. The quantitative estimate of drug-likeness (QED) is 0.863. The van der Waals surface area contributed by atoms with Crippen LogP contribution < -0.4 is 5.69 Å². The van der Waals surface area contributed by atoms with Gasteiger partial charge < -0.3 is 9.80 Å². The number of rotatable bonds is 4. The van der Waals surface area contributed by atoms with E-state index < -0.39 is 0 Å². The van der Waals surface area contributed by atoms with Crippen LogP contribution in [-0.2, 0) is 11.2 Å². The summed E-state index contributed by atoms with van der Waals surface area (Å²) in [5.74, 6) is 0.615. The molecule has 1 aliphatic heterocycles. The Balaban J connectivity index is 1.70. The van der Waals surface area contributed by atoms with E-state index in [9.17, 15) is 9.59 Å². The van der Waals surface area contributed by atoms with E-state index in [0.29, 0.717) is 25.2 Å². The highest BCUT2D eigenvalue weighted by Crippen LogP contribution is 2.25. The summed E-state index contributed by atoms with van der Waals surface area (Å²) in [7, 11) is 2.08. The van der Waals surface area contributed by atoms with Gasteiger partial charge in [0, 0.05) is 32.5 Å². The topological polar surface area (TPSA) is 85.1 Å². The van der Waals surface area contributed by atoms with Gasteiger partial charge in [0.25, 0.3) is 0 Å². The van der Waals surface area contributed by atoms with Crippen LogP contribution in [0.5, 0.6) is 0 Å². The third kappa shape index (κ3) is 3.68. The Hall–Kier alpha value is -2.41. The Morgan fingerprint density at radius 1 is 1.30 bits per heavy atom. The average molecular weight is 315 g/mol. The number of hydrogen-bond acceptors (Lipinski definition) is 4. The predicted octanol–water partition coefficient (Wildman–Crippen LogP) is 0.546. The van der Waals surface area contributed by atoms with Crippen LogP contribution in [0.3, 0.4) is 0 Å². The number of aryl methyl sites for hydroxylation is 1. The Kier molecular flexibility index (Phi) is 4.57. The van der Waals surface area contributed by atoms with Gasteiger partial charge >= 0.3 is 5.69 Å². The van der Waals surface area contributed by atoms with Crippen LogP contribution in [0.4, 0.5) is 0 Å². The molecule has 3 rings (SSSR count). The average Bonchev–Trinajstić information content (AvgIpc) is 2.99. The van der Waals surface area contributed by atoms with Crippen LogP contribution in [0.2, 0.25) is 0 Å². The van der Waals surface area contributed by atoms with Crippen molar-refractivity contribution in [2.75, 3.05) is 26.7 Å². The molecule has 1 fully saturated rings. The highest BCUT2D eigenvalue weighted by atomic mass is 16.2. The molecule has 1 aromatic carbocycles. The molecule has 23 heavy (non-hydrogen) atoms. The number of piperazine rings is 1. The molecule has 1 amide bonds. The van der Waals surface area contributed by atoms with E-state index in [1.54, 1.807) is 0 Å². The minimum Gasteiger partial charge on any atom is -0.333 e. The number of amides is 1. The van der Waals surface area contributed by atoms with Gasteiger partial charge in [-0.2, -0.15) is 5.10 Å². The van der Waals surface area contributed by atoms with Crippen LogP contribution in [0, 0.1) is 0 Å². The molecule has 1 aliphatic rings. The van der Waals surface area contributed by atoms with Crippen LogP contribution in [0.25, 0.3) is 0 Å². The summed E-state index contributed by atoms with van der Waals surface area (Å²) in [4.78, 5) is 30.5. The highest BCUT2D eigenvalue weighted by molar-refractivity contribution is 5.77. The third-order valence-electron chi connectivity index (χ3n) is 4.21. The molecule has 122 valence electrons. The Bertz CT molecular complexity index is 709. The van der Waals surface area contributed by atoms with Crippen molar-refractivity contribution >= 4 is 5.91 Å². The van der Waals surface area contributed by atoms with Gasteiger partial charge in [-0.1, -0.05) is 30.3 Å². The van der Waals surface area contributed by atoms with Gasteiger partial charge in [-0.15, -0.1) is 0 Å². The van der Waals surface area contributed by atoms with Crippen molar-refractivity contribution in [2.24, 2.45) is 0 Å². The van der Waals surface area contributed by atoms with Crippen molar-refractivity contribution in [2.45, 2.75) is 18.9 Å². The second-order valence-corrected chi connectivity index (χ2v) is 5.90. The normalized spacial score (nSPS) is 19.0. The summed E-state index contributed by atoms with van der Waals surface area (Å²) in [6.45, 7) is 2.41. The van der Waals surface area contributed by atoms with Gasteiger partial charge in [-0.3, -0.25) is 9.78 Å². The number of carbonyl (C=O) groups excluding carboxylic acids is 1. The zero-order valence-corrected chi connectivity index (χ0v) is 13.2. The van der Waals surface area contributed by atoms with Gasteiger partial charge in [0.2, 0.25) is 5.91 Å². The monoisotopic (exact) mass is 315 g/mol. The number of aromatic amines is 2. The molecule has 1 unspecified atom stereocenters. The second-order valence-electron chi connectivity index (χ2n) is 5.90. The molecule has 1 saturated heterocycles. The first-order valence-corrected chi connectivity index (χ1v) is 7.80. The maximum Gasteiger partial charge on any atom is 0.340 e. The summed E-state index contributed by atoms with van der Waals surface area (Å²) >= 11 is 0. The summed E-state index contributed by atoms with van der Waals surface area (Å²) in [6, 6.07) is 10.2. The zero-order valence-electron chi connectivity index (χ0n) is 13.2. The number of nitrogens with one attached hydrogen (secondary N) is 2. The molecule has 0 spiro atoms. The van der Waals surface area contributed by atoms with Crippen molar-refractivity contribution in [3.63, 3.8) is 0 Å². The van der Waals surface area contributed by atoms with E-state index >= 15 is 0 Å². The SMILES string of the molecule is CN1CCN(C(=O)CCc2n[nH]c(=O)[nH]2)C(c2ccccc2)C1. The summed E-state index contributed by atoms with van der Waals surface area (Å²) in [6.07, 6.45) is 0.777. The molecule has 1 aromatic heterocycles. The molecule has 0 aliphatic carbocycles. The molecule has 1 atom stereocenters. The van der Waals surface area contributed by atoms with Crippen molar-refractivity contribution in [1.82, 2.24) is 25.0 Å². The number of aromatic nitrogens is 3. The number of likely N-dealkylation sites (N-methyl/N-ethyl adjacent to an activating group) is 1. The highest BCUT2D eigenvalue weighted by Gasteiger charge is 2.29. The second kappa shape index (κ2) is 6.78. The first-order chi connectivity index (χ1) is 11.1. The van der Waals surface area contributed by atoms with Crippen molar-refractivity contribution in [3.05, 3.63) is 52.2 Å². The van der Waals surface area contributed by atoms with Gasteiger partial charge in [0.05, 0.1) is 6.04 Å². The van der Waals surface area contributed by atoms with Crippen molar-refractivity contribution < 1.29 is 4.79 Å². The van der Waals surface area contributed by atoms with Crippen LogP contribution in [0.15, 0.2) is 35.1 Å². The lowest BCUT2D eigenvalue weighted by molar-refractivity contribution is -0.136. The van der Waals surface area contributed by atoms with E-state index in [4.69, 9.17) is 0 Å². The van der Waals surface area contributed by atoms with E-state index in [2.05, 4.69) is 39.3 Å². The van der Waals surface area contributed by atoms with Gasteiger partial charge in [-0.25, -0.2) is 9.89 Å². The third-order valence-corrected chi connectivity index (χ3v) is 4.21. The molecule has 2 N–H and O–H groups in total. The number of hydrogen-bond donors (Lipinski definition) is 2. The summed E-state index contributed by atoms with van der Waals surface area (Å²) < 4.78 is 0. The first kappa shape index (κ1) is 15.5. The van der Waals surface area contributed by atoms with E-state index in [1.807, 2.05) is 23.1 Å². The molecule has 7 heteroatoms. The lowest BCUT2D eigenvalue weighted by Gasteiger charge is -2.40. The molecular weight excluding hydrogens is 294 g/mol. The van der Waals surface area contributed by atoms with Gasteiger partial charge in [0.1, 0.15) is 5.82 Å². The summed E-state index contributed by atoms with van der Waals surface area (Å²) in [5.41, 5.74) is 0.815. The molecule has 0 bridgehead atoms. The fraction of sp³-hybridized carbons (Fsp3) is 0.438. The number of benzene rings is 1. The number of nitrogens with zero attached hydrogens (tertiary/aromatic N) is 3. The molecule has 7 nitrogen and oxygen atoms in total. The van der Waals surface area contributed by atoms with Crippen LogP contribution >= 0.6 is 0 Å². The fourth-order valence-corrected chi connectivity index (χ4v) is 2.97. The standard InChI is InChI=1S/C16H21N5O2/c1-20-9-10-21(13(11-20)12-5-3-2-4-6-12)15(22)8-7-14-17-16(23)19-18-14/h2-6,13H,7-11H2,1H3,(H2,17,18,19,23). The van der Waals surface area contributed by atoms with Crippen LogP contribution in [0.1, 0.15) is 23.9 Å². The molecular formula is C16H21N5O2. The number of H-pyrrole nitrogens is 2. The maximum absolute atomic E-state index is 12.6. The summed E-state index contributed by atoms with van der Waals surface area (Å²) in [5, 5.41) is 6.17. The van der Waals surface area contributed by atoms with E-state index in [0.717, 1.165) is 18.7 Å². The fourth-order valence-electron chi connectivity index (χ4n) is 2.97. The molecule has 0 saturated carbocycles. The Labute approximate surface area is 134 Å². The number of carbonyl (C=O) groups is 1. The lowest BCUT2D eigenvalue weighted by Crippen LogP contribution is -2.49. The molecule has 2 aromatic rings. The minimum atomic E-state index is -0.339. The first-order valence-electron chi connectivity index (χ1n) is 7.80. The van der Waals surface area contributed by atoms with Crippen molar-refractivity contribution in [1.29, 1.82) is 0 Å². The maximum atomic E-state index is 12.6. The Morgan fingerprint density at radius 3 is 2.78 bits per heavy atom. The largest absolute Gasteiger partial charge is 0.340 e. The van der Waals surface area contributed by atoms with Crippen molar-refractivity contribution in [3.8, 4) is 0 Å². The lowest BCUT2D eigenvalue weighted by atomic mass is 10.0. The zero-order chi connectivity index (χ0) is 16.2. The van der Waals surface area contributed by atoms with Gasteiger partial charge in [-0.05, 0) is 12.6 Å². The van der Waals surface area contributed by atoms with Crippen LogP contribution in [-0.4, -0.2) is 57.6 Å². The molecule has 2 heterocycles.